The smallest absolute Gasteiger partial charge is 0.407 e. The zero-order valence-corrected chi connectivity index (χ0v) is 33.1. The predicted octanol–water partition coefficient (Wildman–Crippen LogP) is 7.39. The molecule has 4 fully saturated rings. The van der Waals surface area contributed by atoms with E-state index in [4.69, 9.17) is 24.5 Å². The van der Waals surface area contributed by atoms with E-state index in [0.717, 1.165) is 76.3 Å². The van der Waals surface area contributed by atoms with Gasteiger partial charge in [-0.05, 0) is 77.5 Å². The lowest BCUT2D eigenvalue weighted by molar-refractivity contribution is -0.188. The molecule has 2 saturated heterocycles. The number of benzene rings is 4. The van der Waals surface area contributed by atoms with Crippen LogP contribution in [0.3, 0.4) is 0 Å². The molecule has 0 bridgehead atoms. The van der Waals surface area contributed by atoms with Crippen LogP contribution < -0.4 is 5.32 Å². The molecular weight excluding hydrogens is 761 g/mol. The molecule has 4 heterocycles. The predicted molar refractivity (Wildman–Crippen MR) is 222 cm³/mol. The Morgan fingerprint density at radius 3 is 2.07 bits per heavy atom. The average molecular weight is 805 g/mol. The molecule has 2 aliphatic heterocycles. The summed E-state index contributed by atoms with van der Waals surface area (Å²) < 4.78 is 4.87. The van der Waals surface area contributed by atoms with Crippen LogP contribution in [0.4, 0.5) is 4.79 Å². The van der Waals surface area contributed by atoms with Crippen molar-refractivity contribution in [1.29, 1.82) is 0 Å². The number of likely N-dealkylation sites (tertiary alicyclic amines) is 2. The number of carbonyl (C=O) groups excluding carboxylic acids is 3. The van der Waals surface area contributed by atoms with Crippen molar-refractivity contribution >= 4 is 35.3 Å². The monoisotopic (exact) mass is 804 g/mol. The third kappa shape index (κ3) is 6.96. The van der Waals surface area contributed by atoms with Crippen LogP contribution in [0.15, 0.2) is 114 Å². The lowest BCUT2D eigenvalue weighted by atomic mass is 10.0. The summed E-state index contributed by atoms with van der Waals surface area (Å²) in [5.74, 6) is 2.08. The van der Waals surface area contributed by atoms with Gasteiger partial charge in [0.05, 0.1) is 49.2 Å². The molecule has 304 valence electrons. The van der Waals surface area contributed by atoms with Gasteiger partial charge in [0.1, 0.15) is 17.7 Å². The molecule has 2 saturated carbocycles. The summed E-state index contributed by atoms with van der Waals surface area (Å²) >= 11 is 0. The van der Waals surface area contributed by atoms with Crippen molar-refractivity contribution in [1.82, 2.24) is 35.1 Å². The summed E-state index contributed by atoms with van der Waals surface area (Å²) in [6.45, 7) is 0. The van der Waals surface area contributed by atoms with Crippen molar-refractivity contribution < 1.29 is 28.9 Å². The van der Waals surface area contributed by atoms with E-state index in [2.05, 4.69) is 56.7 Å². The van der Waals surface area contributed by atoms with Gasteiger partial charge in [0.25, 0.3) is 11.8 Å². The molecule has 0 spiro atoms. The highest BCUT2D eigenvalue weighted by molar-refractivity contribution is 5.89. The number of aromatic amines is 2. The van der Waals surface area contributed by atoms with Gasteiger partial charge in [0.15, 0.2) is 6.04 Å². The minimum Gasteiger partial charge on any atom is -0.453 e. The Hall–Kier alpha value is -6.80. The molecule has 6 aromatic rings. The fourth-order valence-corrected chi connectivity index (χ4v) is 9.35. The molecule has 0 radical (unpaired) electrons. The molecule has 3 amide bonds. The standard InChI is InChI=1S/C46H44N8O6/c1-58-46(57)52-41(29-11-7-4-8-12-29)45(56)53-36-20-31(36)22-38(53)42-47-24-35(51-42)27-15-13-26(14-16-27)30-17-18-33-34(19-30)50-43(49-33)39-23-32-21-37(32)54(39)44(55)40(48-25-60-59-2)28-9-5-3-6-10-28/h3-19,24-25,31-32,36-41H,20-23H2,1-2H3,(H,47,51)(H,49,50)(H,52,57)/t31-,32-,36-,37-,38-,39-,40+,41-/m0/s1. The second kappa shape index (κ2) is 15.4. The molecule has 60 heavy (non-hydrogen) atoms. The summed E-state index contributed by atoms with van der Waals surface area (Å²) in [6, 6.07) is 31.4. The summed E-state index contributed by atoms with van der Waals surface area (Å²) in [4.78, 5) is 75.5. The van der Waals surface area contributed by atoms with Gasteiger partial charge >= 0.3 is 6.09 Å². The van der Waals surface area contributed by atoms with E-state index < -0.39 is 18.2 Å². The second-order valence-electron chi connectivity index (χ2n) is 16.0. The first kappa shape index (κ1) is 37.5. The molecule has 14 nitrogen and oxygen atoms in total. The normalized spacial score (nSPS) is 23.6. The highest BCUT2D eigenvalue weighted by Gasteiger charge is 2.57. The quantitative estimate of drug-likeness (QED) is 0.0499. The van der Waals surface area contributed by atoms with E-state index >= 15 is 0 Å². The Morgan fingerprint density at radius 2 is 1.38 bits per heavy atom. The van der Waals surface area contributed by atoms with Gasteiger partial charge in [0, 0.05) is 12.1 Å². The highest BCUT2D eigenvalue weighted by Crippen LogP contribution is 2.55. The number of rotatable bonds is 12. The lowest BCUT2D eigenvalue weighted by Gasteiger charge is -2.30. The Kier molecular flexibility index (Phi) is 9.63. The van der Waals surface area contributed by atoms with Crippen LogP contribution in [-0.4, -0.2) is 80.3 Å². The number of imidazole rings is 2. The molecule has 0 unspecified atom stereocenters. The molecule has 2 aliphatic carbocycles. The largest absolute Gasteiger partial charge is 0.453 e. The summed E-state index contributed by atoms with van der Waals surface area (Å²) in [7, 11) is 2.69. The number of methoxy groups -OCH3 is 1. The number of amides is 3. The fourth-order valence-electron chi connectivity index (χ4n) is 9.35. The minimum absolute atomic E-state index is 0.0897. The number of fused-ring (bicyclic) bond motifs is 3. The topological polar surface area (TPSA) is 167 Å². The number of hydrogen-bond acceptors (Lipinski definition) is 9. The first-order valence-electron chi connectivity index (χ1n) is 20.3. The van der Waals surface area contributed by atoms with E-state index in [-0.39, 0.29) is 36.0 Å². The van der Waals surface area contributed by atoms with Crippen molar-refractivity contribution in [2.24, 2.45) is 16.8 Å². The molecule has 2 aromatic heterocycles. The molecule has 14 heteroatoms. The zero-order valence-electron chi connectivity index (χ0n) is 33.1. The van der Waals surface area contributed by atoms with Gasteiger partial charge < -0.3 is 34.7 Å². The minimum atomic E-state index is -0.873. The van der Waals surface area contributed by atoms with Gasteiger partial charge in [-0.15, -0.1) is 0 Å². The molecule has 10 rings (SSSR count). The average Bonchev–Trinajstić information content (AvgIpc) is 3.91. The lowest BCUT2D eigenvalue weighted by Crippen LogP contribution is -2.44. The number of H-pyrrole nitrogens is 2. The summed E-state index contributed by atoms with van der Waals surface area (Å²) in [6.07, 6.45) is 5.91. The van der Waals surface area contributed by atoms with Crippen LogP contribution in [-0.2, 0) is 24.1 Å². The molecule has 8 atom stereocenters. The van der Waals surface area contributed by atoms with E-state index in [9.17, 15) is 14.4 Å². The number of nitrogens with zero attached hydrogens (tertiary/aromatic N) is 5. The number of aromatic nitrogens is 4. The number of carbonyl (C=O) groups is 3. The van der Waals surface area contributed by atoms with E-state index in [1.54, 1.807) is 0 Å². The zero-order chi connectivity index (χ0) is 40.9. The fraction of sp³-hybridized carbons (Fsp3) is 0.304. The number of nitrogens with one attached hydrogen (secondary N) is 3. The van der Waals surface area contributed by atoms with Crippen molar-refractivity contribution in [2.45, 2.75) is 61.9 Å². The van der Waals surface area contributed by atoms with Gasteiger partial charge in [-0.2, -0.15) is 4.89 Å². The molecule has 3 N–H and O–H groups in total. The highest BCUT2D eigenvalue weighted by atomic mass is 17.2. The Morgan fingerprint density at radius 1 is 0.750 bits per heavy atom. The number of hydrogen-bond donors (Lipinski definition) is 3. The molecular formula is C46H44N8O6. The van der Waals surface area contributed by atoms with Gasteiger partial charge in [-0.1, -0.05) is 91.0 Å². The Bertz CT molecular complexity index is 2580. The van der Waals surface area contributed by atoms with E-state index in [1.807, 2.05) is 82.7 Å². The Labute approximate surface area is 345 Å². The first-order chi connectivity index (χ1) is 29.4. The van der Waals surface area contributed by atoms with Crippen molar-refractivity contribution in [3.8, 4) is 22.4 Å². The summed E-state index contributed by atoms with van der Waals surface area (Å²) in [5.41, 5.74) is 7.09. The van der Waals surface area contributed by atoms with E-state index in [1.165, 1.54) is 20.6 Å². The maximum atomic E-state index is 14.2. The van der Waals surface area contributed by atoms with Crippen LogP contribution in [0.2, 0.25) is 0 Å². The van der Waals surface area contributed by atoms with Crippen molar-refractivity contribution in [3.05, 3.63) is 132 Å². The van der Waals surface area contributed by atoms with Gasteiger partial charge in [-0.25, -0.2) is 19.8 Å². The Balaban J connectivity index is 0.857. The van der Waals surface area contributed by atoms with Crippen molar-refractivity contribution in [3.63, 3.8) is 0 Å². The number of piperidine rings is 2. The third-order valence-electron chi connectivity index (χ3n) is 12.5. The van der Waals surface area contributed by atoms with Crippen LogP contribution in [0.5, 0.6) is 0 Å². The number of alkyl carbamates (subject to hydrolysis) is 1. The first-order valence-corrected chi connectivity index (χ1v) is 20.3. The van der Waals surface area contributed by atoms with Crippen LogP contribution >= 0.6 is 0 Å². The third-order valence-corrected chi connectivity index (χ3v) is 12.5. The molecule has 4 aliphatic rings. The van der Waals surface area contributed by atoms with Crippen LogP contribution in [0, 0.1) is 11.8 Å². The van der Waals surface area contributed by atoms with Gasteiger partial charge in [0.2, 0.25) is 6.40 Å². The number of ether oxygens (including phenoxy) is 1. The van der Waals surface area contributed by atoms with Gasteiger partial charge in [-0.3, -0.25) is 9.59 Å². The second-order valence-corrected chi connectivity index (χ2v) is 16.0. The van der Waals surface area contributed by atoms with Crippen LogP contribution in [0.25, 0.3) is 33.4 Å². The van der Waals surface area contributed by atoms with Crippen LogP contribution in [0.1, 0.15) is 72.6 Å². The summed E-state index contributed by atoms with van der Waals surface area (Å²) in [5, 5.41) is 2.76. The SMILES string of the molecule is COOC=N[C@@H](C(=O)N1[C@H](c2nc3ccc(-c4ccc(-c5cnc([C@@H]6C[C@@H]7C[C@@H]7N6C(=O)[C@@H](NC(=O)OC)c6ccccc6)[nH]5)cc4)cc3[nH]2)C[C@@H]2C[C@@H]21)c1ccccc1. The van der Waals surface area contributed by atoms with Crippen molar-refractivity contribution in [2.75, 3.05) is 14.2 Å². The maximum absolute atomic E-state index is 14.2. The maximum Gasteiger partial charge on any atom is 0.407 e. The number of aliphatic imine (C=N–C) groups is 1. The van der Waals surface area contributed by atoms with E-state index in [0.29, 0.717) is 17.4 Å². The molecule has 4 aromatic carbocycles.